The Balaban J connectivity index is 1.88. The number of nitrogens with one attached hydrogen (secondary N) is 1. The molecule has 3 aromatic rings. The Labute approximate surface area is 134 Å². The summed E-state index contributed by atoms with van der Waals surface area (Å²) in [6.45, 7) is 4.15. The van der Waals surface area contributed by atoms with Crippen molar-refractivity contribution in [3.63, 3.8) is 0 Å². The van der Waals surface area contributed by atoms with E-state index in [4.69, 9.17) is 11.6 Å². The molecule has 0 amide bonds. The van der Waals surface area contributed by atoms with Crippen LogP contribution in [-0.2, 0) is 0 Å². The minimum Gasteiger partial charge on any atom is -0.278 e. The predicted molar refractivity (Wildman–Crippen MR) is 93.9 cm³/mol. The second kappa shape index (κ2) is 6.16. The van der Waals surface area contributed by atoms with Gasteiger partial charge in [-0.15, -0.1) is 0 Å². The zero-order valence-electron chi connectivity index (χ0n) is 12.5. The van der Waals surface area contributed by atoms with Crippen molar-refractivity contribution < 1.29 is 0 Å². The van der Waals surface area contributed by atoms with Gasteiger partial charge in [0.25, 0.3) is 0 Å². The first-order valence-electron chi connectivity index (χ1n) is 7.04. The van der Waals surface area contributed by atoms with Crippen LogP contribution >= 0.6 is 11.6 Å². The molecule has 1 aromatic heterocycles. The summed E-state index contributed by atoms with van der Waals surface area (Å²) in [4.78, 5) is 4.32. The molecule has 0 aliphatic carbocycles. The van der Waals surface area contributed by atoms with Crippen LogP contribution in [0, 0.1) is 13.8 Å². The molecule has 1 heterocycles. The smallest absolute Gasteiger partial charge is 0.0738 e. The Bertz CT molecular complexity index is 856. The van der Waals surface area contributed by atoms with E-state index in [0.717, 1.165) is 22.2 Å². The number of hydrazone groups is 1. The highest BCUT2D eigenvalue weighted by atomic mass is 35.5. The maximum Gasteiger partial charge on any atom is 0.0738 e. The second-order valence-electron chi connectivity index (χ2n) is 5.25. The van der Waals surface area contributed by atoms with Crippen molar-refractivity contribution in [1.82, 2.24) is 4.98 Å². The quantitative estimate of drug-likeness (QED) is 0.549. The van der Waals surface area contributed by atoms with Gasteiger partial charge in [-0.25, -0.2) is 0 Å². The van der Waals surface area contributed by atoms with E-state index in [0.29, 0.717) is 5.02 Å². The number of halogens is 1. The molecule has 0 aliphatic rings. The van der Waals surface area contributed by atoms with Gasteiger partial charge in [-0.3, -0.25) is 10.4 Å². The number of rotatable bonds is 3. The molecule has 4 heteroatoms. The van der Waals surface area contributed by atoms with Gasteiger partial charge in [0.05, 0.1) is 17.4 Å². The van der Waals surface area contributed by atoms with Crippen LogP contribution in [0.3, 0.4) is 0 Å². The standard InChI is InChI=1S/C18H16ClN3/c1-12-3-4-13(2)14(9-12)11-21-22-17-7-8-20-18-10-15(19)5-6-16(17)18/h3-11H,1-2H3,(H,20,22)/b21-11+. The number of aryl methyl sites for hydroxylation is 2. The summed E-state index contributed by atoms with van der Waals surface area (Å²) < 4.78 is 0. The molecular formula is C18H16ClN3. The Morgan fingerprint density at radius 1 is 1.09 bits per heavy atom. The Kier molecular flexibility index (Phi) is 4.07. The van der Waals surface area contributed by atoms with E-state index in [-0.39, 0.29) is 0 Å². The average Bonchev–Trinajstić information content (AvgIpc) is 2.50. The summed E-state index contributed by atoms with van der Waals surface area (Å²) in [5, 5.41) is 6.02. The molecule has 0 spiro atoms. The van der Waals surface area contributed by atoms with E-state index in [1.165, 1.54) is 11.1 Å². The molecule has 0 saturated carbocycles. The minimum absolute atomic E-state index is 0.677. The van der Waals surface area contributed by atoms with Gasteiger partial charge in [0.1, 0.15) is 0 Å². The second-order valence-corrected chi connectivity index (χ2v) is 5.69. The third-order valence-electron chi connectivity index (χ3n) is 3.53. The molecule has 0 aliphatic heterocycles. The van der Waals surface area contributed by atoms with Gasteiger partial charge in [-0.05, 0) is 49.2 Å². The molecule has 22 heavy (non-hydrogen) atoms. The highest BCUT2D eigenvalue weighted by Crippen LogP contribution is 2.24. The lowest BCUT2D eigenvalue weighted by atomic mass is 10.1. The van der Waals surface area contributed by atoms with Crippen LogP contribution in [0.1, 0.15) is 16.7 Å². The van der Waals surface area contributed by atoms with Crippen LogP contribution in [-0.4, -0.2) is 11.2 Å². The van der Waals surface area contributed by atoms with Gasteiger partial charge in [-0.1, -0.05) is 35.4 Å². The summed E-state index contributed by atoms with van der Waals surface area (Å²) >= 11 is 6.00. The average molecular weight is 310 g/mol. The van der Waals surface area contributed by atoms with Crippen LogP contribution < -0.4 is 5.43 Å². The fourth-order valence-electron chi connectivity index (χ4n) is 2.29. The molecule has 0 saturated heterocycles. The van der Waals surface area contributed by atoms with E-state index in [9.17, 15) is 0 Å². The molecule has 3 rings (SSSR count). The van der Waals surface area contributed by atoms with Crippen molar-refractivity contribution in [3.05, 3.63) is 70.4 Å². The van der Waals surface area contributed by atoms with Crippen LogP contribution in [0.2, 0.25) is 5.02 Å². The zero-order chi connectivity index (χ0) is 15.5. The number of pyridine rings is 1. The van der Waals surface area contributed by atoms with Crippen molar-refractivity contribution >= 4 is 34.4 Å². The fourth-order valence-corrected chi connectivity index (χ4v) is 2.46. The van der Waals surface area contributed by atoms with Gasteiger partial charge >= 0.3 is 0 Å². The van der Waals surface area contributed by atoms with Crippen molar-refractivity contribution in [1.29, 1.82) is 0 Å². The Morgan fingerprint density at radius 3 is 2.82 bits per heavy atom. The highest BCUT2D eigenvalue weighted by Gasteiger charge is 2.01. The van der Waals surface area contributed by atoms with Crippen molar-refractivity contribution in [2.45, 2.75) is 13.8 Å². The van der Waals surface area contributed by atoms with Crippen LogP contribution in [0.15, 0.2) is 53.8 Å². The molecule has 0 fully saturated rings. The number of anilines is 1. The number of hydrogen-bond acceptors (Lipinski definition) is 3. The molecule has 110 valence electrons. The lowest BCUT2D eigenvalue weighted by Crippen LogP contribution is -1.94. The lowest BCUT2D eigenvalue weighted by molar-refractivity contribution is 1.32. The van der Waals surface area contributed by atoms with E-state index in [1.54, 1.807) is 6.20 Å². The van der Waals surface area contributed by atoms with Crippen LogP contribution in [0.4, 0.5) is 5.69 Å². The number of hydrogen-bond donors (Lipinski definition) is 1. The van der Waals surface area contributed by atoms with Gasteiger partial charge in [0.2, 0.25) is 0 Å². The third-order valence-corrected chi connectivity index (χ3v) is 3.76. The molecule has 3 nitrogen and oxygen atoms in total. The highest BCUT2D eigenvalue weighted by molar-refractivity contribution is 6.31. The van der Waals surface area contributed by atoms with Gasteiger partial charge in [0, 0.05) is 16.6 Å². The van der Waals surface area contributed by atoms with E-state index >= 15 is 0 Å². The van der Waals surface area contributed by atoms with E-state index < -0.39 is 0 Å². The minimum atomic E-state index is 0.677. The van der Waals surface area contributed by atoms with Crippen molar-refractivity contribution in [2.75, 3.05) is 5.43 Å². The predicted octanol–water partition coefficient (Wildman–Crippen LogP) is 4.95. The molecule has 2 aromatic carbocycles. The summed E-state index contributed by atoms with van der Waals surface area (Å²) in [5.41, 5.74) is 8.36. The largest absolute Gasteiger partial charge is 0.278 e. The lowest BCUT2D eigenvalue weighted by Gasteiger charge is -2.06. The summed E-state index contributed by atoms with van der Waals surface area (Å²) in [5.74, 6) is 0. The van der Waals surface area contributed by atoms with Gasteiger partial charge < -0.3 is 0 Å². The number of benzene rings is 2. The van der Waals surface area contributed by atoms with Crippen LogP contribution in [0.25, 0.3) is 10.9 Å². The van der Waals surface area contributed by atoms with E-state index in [1.807, 2.05) is 30.5 Å². The first-order chi connectivity index (χ1) is 10.6. The van der Waals surface area contributed by atoms with Gasteiger partial charge in [0.15, 0.2) is 0 Å². The maximum atomic E-state index is 6.00. The third kappa shape index (κ3) is 3.10. The summed E-state index contributed by atoms with van der Waals surface area (Å²) in [6, 6.07) is 13.9. The topological polar surface area (TPSA) is 37.3 Å². The Hall–Kier alpha value is -2.39. The number of nitrogens with zero attached hydrogens (tertiary/aromatic N) is 2. The normalized spacial score (nSPS) is 11.2. The number of fused-ring (bicyclic) bond motifs is 1. The van der Waals surface area contributed by atoms with Crippen molar-refractivity contribution in [2.24, 2.45) is 5.10 Å². The van der Waals surface area contributed by atoms with Crippen molar-refractivity contribution in [3.8, 4) is 0 Å². The fraction of sp³-hybridized carbons (Fsp3) is 0.111. The summed E-state index contributed by atoms with van der Waals surface area (Å²) in [7, 11) is 0. The first kappa shape index (κ1) is 14.5. The molecule has 0 bridgehead atoms. The first-order valence-corrected chi connectivity index (χ1v) is 7.42. The maximum absolute atomic E-state index is 6.00. The van der Waals surface area contributed by atoms with E-state index in [2.05, 4.69) is 47.6 Å². The zero-order valence-corrected chi connectivity index (χ0v) is 13.2. The molecular weight excluding hydrogens is 294 g/mol. The Morgan fingerprint density at radius 2 is 1.95 bits per heavy atom. The molecule has 0 unspecified atom stereocenters. The molecule has 0 atom stereocenters. The molecule has 0 radical (unpaired) electrons. The van der Waals surface area contributed by atoms with Gasteiger partial charge in [-0.2, -0.15) is 5.10 Å². The SMILES string of the molecule is Cc1ccc(C)c(/C=N/Nc2ccnc3cc(Cl)ccc23)c1. The van der Waals surface area contributed by atoms with Crippen LogP contribution in [0.5, 0.6) is 0 Å². The number of aromatic nitrogens is 1. The molecule has 1 N–H and O–H groups in total. The summed E-state index contributed by atoms with van der Waals surface area (Å²) in [6.07, 6.45) is 3.58. The monoisotopic (exact) mass is 309 g/mol.